The smallest absolute Gasteiger partial charge is 0.222 e. The Labute approximate surface area is 180 Å². The third kappa shape index (κ3) is 3.00. The zero-order valence-electron chi connectivity index (χ0n) is 18.9. The van der Waals surface area contributed by atoms with Crippen LogP contribution in [0, 0.1) is 40.3 Å². The van der Waals surface area contributed by atoms with Crippen LogP contribution in [0.5, 0.6) is 5.75 Å². The van der Waals surface area contributed by atoms with Gasteiger partial charge in [0.2, 0.25) is 5.91 Å². The first-order valence-electron chi connectivity index (χ1n) is 11.9. The number of rotatable bonds is 2. The van der Waals surface area contributed by atoms with Crippen LogP contribution in [0.2, 0.25) is 0 Å². The largest absolute Gasteiger partial charge is 0.490 e. The van der Waals surface area contributed by atoms with Gasteiger partial charge < -0.3 is 9.64 Å². The molecule has 5 rings (SSSR count). The van der Waals surface area contributed by atoms with Crippen LogP contribution in [-0.2, 0) is 4.79 Å². The Morgan fingerprint density at radius 3 is 2.57 bits per heavy atom. The van der Waals surface area contributed by atoms with E-state index < -0.39 is 0 Å². The Hall–Kier alpha value is -1.58. The highest BCUT2D eigenvalue weighted by atomic mass is 19.1. The maximum atomic E-state index is 13.3. The zero-order valence-corrected chi connectivity index (χ0v) is 18.9. The molecule has 1 aliphatic heterocycles. The van der Waals surface area contributed by atoms with Crippen molar-refractivity contribution in [1.82, 2.24) is 4.90 Å². The number of carbonyl (C=O) groups is 1. The minimum absolute atomic E-state index is 0.216. The maximum Gasteiger partial charge on any atom is 0.222 e. The van der Waals surface area contributed by atoms with Gasteiger partial charge in [0.05, 0.1) is 6.10 Å². The molecule has 1 amide bonds. The van der Waals surface area contributed by atoms with Crippen molar-refractivity contribution in [2.75, 3.05) is 7.05 Å². The number of benzene rings is 1. The average molecular weight is 414 g/mol. The van der Waals surface area contributed by atoms with E-state index in [9.17, 15) is 9.18 Å². The van der Waals surface area contributed by atoms with Crippen LogP contribution < -0.4 is 4.74 Å². The van der Waals surface area contributed by atoms with Crippen molar-refractivity contribution in [3.63, 3.8) is 0 Å². The topological polar surface area (TPSA) is 29.5 Å². The van der Waals surface area contributed by atoms with Gasteiger partial charge in [-0.15, -0.1) is 0 Å². The lowest BCUT2D eigenvalue weighted by Gasteiger charge is -2.63. The van der Waals surface area contributed by atoms with E-state index in [0.29, 0.717) is 47.5 Å². The number of hydrogen-bond acceptors (Lipinski definition) is 2. The predicted octanol–water partition coefficient (Wildman–Crippen LogP) is 5.68. The summed E-state index contributed by atoms with van der Waals surface area (Å²) in [6.07, 6.45) is 7.86. The molecule has 1 saturated heterocycles. The molecule has 0 spiro atoms. The van der Waals surface area contributed by atoms with Gasteiger partial charge in [-0.25, -0.2) is 4.39 Å². The van der Waals surface area contributed by atoms with Gasteiger partial charge in [-0.05, 0) is 97.3 Å². The molecule has 0 radical (unpaired) electrons. The molecule has 3 aliphatic carbocycles. The van der Waals surface area contributed by atoms with E-state index >= 15 is 0 Å². The Bertz CT molecular complexity index is 825. The lowest BCUT2D eigenvalue weighted by atomic mass is 9.45. The molecule has 1 heterocycles. The lowest BCUT2D eigenvalue weighted by molar-refractivity contribution is -0.164. The van der Waals surface area contributed by atoms with Crippen molar-refractivity contribution >= 4 is 5.91 Å². The molecule has 4 heteroatoms. The molecule has 4 aliphatic rings. The lowest BCUT2D eigenvalue weighted by Crippen LogP contribution is -2.62. The molecule has 8 atom stereocenters. The van der Waals surface area contributed by atoms with E-state index in [1.54, 1.807) is 12.1 Å². The van der Waals surface area contributed by atoms with Crippen molar-refractivity contribution in [2.24, 2.45) is 34.5 Å². The first-order valence-corrected chi connectivity index (χ1v) is 11.9. The van der Waals surface area contributed by atoms with Gasteiger partial charge in [-0.2, -0.15) is 0 Å². The van der Waals surface area contributed by atoms with Crippen LogP contribution in [0.25, 0.3) is 0 Å². The van der Waals surface area contributed by atoms with E-state index in [1.807, 2.05) is 7.05 Å². The Morgan fingerprint density at radius 2 is 1.83 bits per heavy atom. The number of halogens is 1. The maximum absolute atomic E-state index is 13.3. The van der Waals surface area contributed by atoms with E-state index in [2.05, 4.69) is 25.7 Å². The summed E-state index contributed by atoms with van der Waals surface area (Å²) in [7, 11) is 2.03. The number of piperidine rings is 1. The van der Waals surface area contributed by atoms with E-state index in [0.717, 1.165) is 31.4 Å². The van der Waals surface area contributed by atoms with Gasteiger partial charge >= 0.3 is 0 Å². The first-order chi connectivity index (χ1) is 14.2. The van der Waals surface area contributed by atoms with Gasteiger partial charge in [0.15, 0.2) is 0 Å². The van der Waals surface area contributed by atoms with E-state index in [4.69, 9.17) is 4.74 Å². The molecule has 1 aromatic rings. The second kappa shape index (κ2) is 6.97. The van der Waals surface area contributed by atoms with Gasteiger partial charge in [0, 0.05) is 19.5 Å². The van der Waals surface area contributed by atoms with Crippen LogP contribution >= 0.6 is 0 Å². The van der Waals surface area contributed by atoms with Crippen LogP contribution in [0.3, 0.4) is 0 Å². The highest BCUT2D eigenvalue weighted by Crippen LogP contribution is 2.66. The first kappa shape index (κ1) is 20.3. The highest BCUT2D eigenvalue weighted by molar-refractivity contribution is 5.77. The van der Waals surface area contributed by atoms with Crippen LogP contribution in [0.4, 0.5) is 4.39 Å². The second-order valence-corrected chi connectivity index (χ2v) is 11.4. The molecule has 1 aromatic carbocycles. The summed E-state index contributed by atoms with van der Waals surface area (Å²) in [5, 5.41) is 0. The molecule has 30 heavy (non-hydrogen) atoms. The number of carbonyl (C=O) groups excluding carboxylic acids is 1. The molecular weight excluding hydrogens is 377 g/mol. The Kier molecular flexibility index (Phi) is 4.72. The van der Waals surface area contributed by atoms with Gasteiger partial charge in [0.25, 0.3) is 0 Å². The van der Waals surface area contributed by atoms with Crippen molar-refractivity contribution in [2.45, 2.75) is 77.9 Å². The average Bonchev–Trinajstić information content (AvgIpc) is 3.04. The minimum Gasteiger partial charge on any atom is -0.490 e. The molecule has 0 N–H and O–H groups in total. The summed E-state index contributed by atoms with van der Waals surface area (Å²) in [6, 6.07) is 6.88. The molecule has 1 unspecified atom stereocenters. The molecular formula is C26H36FNO2. The van der Waals surface area contributed by atoms with Crippen molar-refractivity contribution in [3.8, 4) is 5.75 Å². The number of amides is 1. The molecule has 3 saturated carbocycles. The minimum atomic E-state index is -0.216. The Morgan fingerprint density at radius 1 is 1.10 bits per heavy atom. The Balaban J connectivity index is 1.39. The second-order valence-electron chi connectivity index (χ2n) is 11.4. The fourth-order valence-corrected chi connectivity index (χ4v) is 8.25. The predicted molar refractivity (Wildman–Crippen MR) is 116 cm³/mol. The number of ether oxygens (including phenoxy) is 1. The van der Waals surface area contributed by atoms with Gasteiger partial charge in [-0.3, -0.25) is 4.79 Å². The van der Waals surface area contributed by atoms with Crippen molar-refractivity contribution in [1.29, 1.82) is 0 Å². The number of hydrogen-bond donors (Lipinski definition) is 0. The number of fused-ring (bicyclic) bond motifs is 5. The fraction of sp³-hybridized carbons (Fsp3) is 0.731. The van der Waals surface area contributed by atoms with Crippen LogP contribution in [0.1, 0.15) is 65.7 Å². The van der Waals surface area contributed by atoms with E-state index in [1.165, 1.54) is 25.0 Å². The number of nitrogens with zero attached hydrogens (tertiary/aromatic N) is 1. The third-order valence-electron chi connectivity index (χ3n) is 9.78. The summed E-state index contributed by atoms with van der Waals surface area (Å²) in [5.74, 6) is 3.63. The standard InChI is InChI=1S/C26H36FNO2/c1-16-13-22-26(3,12-10-23(29)28(22)4)20-9-11-25(2)15-19(14-21(25)24(16)20)30-18-7-5-17(27)6-8-18/h5-8,16,19-22,24H,9-15H2,1-4H3/t16-,19-,20-,21-,22+,24?,25+,26+/m0/s1. The summed E-state index contributed by atoms with van der Waals surface area (Å²) in [4.78, 5) is 14.5. The SMILES string of the molecule is C[C@H]1C[C@H]2N(C)C(=O)CC[C@]2(C)[C@H]2CC[C@]3(C)C[C@@H](Oc4ccc(F)cc4)C[C@H]3C12. The van der Waals surface area contributed by atoms with Crippen LogP contribution in [0.15, 0.2) is 24.3 Å². The molecule has 0 bridgehead atoms. The highest BCUT2D eigenvalue weighted by Gasteiger charge is 2.62. The van der Waals surface area contributed by atoms with Crippen LogP contribution in [-0.4, -0.2) is 30.0 Å². The third-order valence-corrected chi connectivity index (χ3v) is 9.78. The summed E-state index contributed by atoms with van der Waals surface area (Å²) in [6.45, 7) is 7.40. The molecule has 4 fully saturated rings. The fourth-order valence-electron chi connectivity index (χ4n) is 8.25. The summed E-state index contributed by atoms with van der Waals surface area (Å²) < 4.78 is 19.6. The van der Waals surface area contributed by atoms with Gasteiger partial charge in [-0.1, -0.05) is 20.8 Å². The summed E-state index contributed by atoms with van der Waals surface area (Å²) >= 11 is 0. The van der Waals surface area contributed by atoms with Crippen molar-refractivity contribution < 1.29 is 13.9 Å². The molecule has 0 aromatic heterocycles. The van der Waals surface area contributed by atoms with E-state index in [-0.39, 0.29) is 17.3 Å². The van der Waals surface area contributed by atoms with Gasteiger partial charge in [0.1, 0.15) is 11.6 Å². The zero-order chi connectivity index (χ0) is 21.3. The quantitative estimate of drug-likeness (QED) is 0.624. The summed E-state index contributed by atoms with van der Waals surface area (Å²) in [5.41, 5.74) is 0.580. The normalized spacial score (nSPS) is 45.5. The monoisotopic (exact) mass is 413 g/mol. The number of likely N-dealkylation sites (tertiary alicyclic amines) is 1. The molecule has 164 valence electrons. The van der Waals surface area contributed by atoms with Crippen molar-refractivity contribution in [3.05, 3.63) is 30.1 Å². The molecule has 3 nitrogen and oxygen atoms in total.